The first-order valence-corrected chi connectivity index (χ1v) is 5.30. The molecule has 2 aliphatic heterocycles. The smallest absolute Gasteiger partial charge is 0.424 e. The highest BCUT2D eigenvalue weighted by molar-refractivity contribution is 7.99. The second kappa shape index (κ2) is 3.53. The molecule has 0 N–H and O–H groups in total. The fourth-order valence-electron chi connectivity index (χ4n) is 1.44. The van der Waals surface area contributed by atoms with Crippen molar-refractivity contribution in [3.05, 3.63) is 0 Å². The van der Waals surface area contributed by atoms with Crippen LogP contribution < -0.4 is 0 Å². The Morgan fingerprint density at radius 3 is 2.58 bits per heavy atom. The molecule has 4 nitrogen and oxygen atoms in total. The molecule has 0 unspecified atom stereocenters. The molecule has 2 aliphatic rings. The van der Waals surface area contributed by atoms with Crippen LogP contribution in [0.1, 0.15) is 0 Å². The Morgan fingerprint density at radius 2 is 2.00 bits per heavy atom. The van der Waals surface area contributed by atoms with E-state index in [1.165, 1.54) is 0 Å². The maximum Gasteiger partial charge on any atom is 0.424 e. The number of cyclic esters (lactones) is 1. The van der Waals surface area contributed by atoms with Gasteiger partial charge in [-0.3, -0.25) is 0 Å². The molecule has 0 bridgehead atoms. The molecule has 2 fully saturated rings. The molecule has 0 atom stereocenters. The van der Waals surface area contributed by atoms with Gasteiger partial charge in [0.1, 0.15) is 6.61 Å². The average molecular weight is 188 g/mol. The fraction of sp³-hybridized carbons (Fsp3) is 0.857. The van der Waals surface area contributed by atoms with Crippen LogP contribution in [0.15, 0.2) is 0 Å². The summed E-state index contributed by atoms with van der Waals surface area (Å²) in [6.45, 7) is 3.21. The molecule has 5 heteroatoms. The summed E-state index contributed by atoms with van der Waals surface area (Å²) in [4.78, 5) is 11.1. The molecule has 2 rings (SSSR count). The molecule has 0 aliphatic carbocycles. The number of thioether (sulfide) groups is 1. The highest BCUT2D eigenvalue weighted by Gasteiger charge is 2.28. The van der Waals surface area contributed by atoms with Gasteiger partial charge in [0.15, 0.2) is 0 Å². The number of carbonyl (C=O) groups is 1. The number of rotatable bonds is 1. The van der Waals surface area contributed by atoms with E-state index < -0.39 is 0 Å². The Hall–Kier alpha value is -0.420. The summed E-state index contributed by atoms with van der Waals surface area (Å²) in [5, 5.41) is 3.81. The van der Waals surface area contributed by atoms with Gasteiger partial charge in [0.2, 0.25) is 0 Å². The zero-order valence-electron chi connectivity index (χ0n) is 6.86. The molecule has 0 spiro atoms. The largest absolute Gasteiger partial charge is 0.447 e. The van der Waals surface area contributed by atoms with E-state index in [1.54, 1.807) is 5.01 Å². The summed E-state index contributed by atoms with van der Waals surface area (Å²) < 4.78 is 4.86. The third-order valence-electron chi connectivity index (χ3n) is 2.07. The number of hydrogen-bond acceptors (Lipinski definition) is 4. The van der Waals surface area contributed by atoms with Crippen molar-refractivity contribution >= 4 is 17.9 Å². The maximum absolute atomic E-state index is 11.1. The quantitative estimate of drug-likeness (QED) is 0.596. The van der Waals surface area contributed by atoms with Crippen molar-refractivity contribution in [3.8, 4) is 0 Å². The summed E-state index contributed by atoms with van der Waals surface area (Å²) >= 11 is 1.94. The van der Waals surface area contributed by atoms with E-state index in [0.29, 0.717) is 6.61 Å². The van der Waals surface area contributed by atoms with Crippen LogP contribution in [0.25, 0.3) is 0 Å². The summed E-state index contributed by atoms with van der Waals surface area (Å²) in [5.74, 6) is 2.23. The lowest BCUT2D eigenvalue weighted by Gasteiger charge is -2.32. The first-order chi connectivity index (χ1) is 5.88. The van der Waals surface area contributed by atoms with Crippen molar-refractivity contribution in [2.45, 2.75) is 0 Å². The lowest BCUT2D eigenvalue weighted by molar-refractivity contribution is 0.0325. The molecular weight excluding hydrogens is 176 g/mol. The molecule has 1 amide bonds. The molecule has 0 radical (unpaired) electrons. The molecule has 0 aromatic heterocycles. The Morgan fingerprint density at radius 1 is 1.25 bits per heavy atom. The van der Waals surface area contributed by atoms with Crippen molar-refractivity contribution in [1.29, 1.82) is 0 Å². The van der Waals surface area contributed by atoms with Crippen molar-refractivity contribution < 1.29 is 9.53 Å². The molecule has 68 valence electrons. The molecular formula is C7H12N2O2S. The van der Waals surface area contributed by atoms with Crippen LogP contribution in [0.5, 0.6) is 0 Å². The lowest BCUT2D eigenvalue weighted by atomic mass is 10.6. The number of ether oxygens (including phenoxy) is 1. The van der Waals surface area contributed by atoms with Crippen LogP contribution in [0.3, 0.4) is 0 Å². The number of nitrogens with zero attached hydrogens (tertiary/aromatic N) is 2. The van der Waals surface area contributed by atoms with Crippen LogP contribution in [0, 0.1) is 0 Å². The number of carbonyl (C=O) groups excluding carboxylic acids is 1. The third kappa shape index (κ3) is 1.51. The van der Waals surface area contributed by atoms with Gasteiger partial charge in [0, 0.05) is 24.6 Å². The van der Waals surface area contributed by atoms with E-state index in [9.17, 15) is 4.79 Å². The van der Waals surface area contributed by atoms with Gasteiger partial charge in [-0.05, 0) is 0 Å². The van der Waals surface area contributed by atoms with Crippen LogP contribution in [0.4, 0.5) is 4.79 Å². The second-order valence-corrected chi connectivity index (χ2v) is 4.03. The second-order valence-electron chi connectivity index (χ2n) is 2.80. The molecule has 0 saturated carbocycles. The number of amides is 1. The summed E-state index contributed by atoms with van der Waals surface area (Å²) in [7, 11) is 0. The van der Waals surface area contributed by atoms with Gasteiger partial charge in [0.05, 0.1) is 6.54 Å². The number of hydrazine groups is 1. The SMILES string of the molecule is O=C1OCCN1N1CCSCC1. The normalized spacial score (nSPS) is 26.0. The predicted molar refractivity (Wildman–Crippen MR) is 47.0 cm³/mol. The minimum Gasteiger partial charge on any atom is -0.447 e. The summed E-state index contributed by atoms with van der Waals surface area (Å²) in [5.41, 5.74) is 0. The maximum atomic E-state index is 11.1. The fourth-order valence-corrected chi connectivity index (χ4v) is 2.32. The van der Waals surface area contributed by atoms with Crippen molar-refractivity contribution in [1.82, 2.24) is 10.0 Å². The van der Waals surface area contributed by atoms with E-state index in [-0.39, 0.29) is 6.09 Å². The van der Waals surface area contributed by atoms with Crippen LogP contribution >= 0.6 is 11.8 Å². The lowest BCUT2D eigenvalue weighted by Crippen LogP contribution is -2.47. The standard InChI is InChI=1S/C7H12N2O2S/c10-7-9(1-4-11-7)8-2-5-12-6-3-8/h1-6H2. The Labute approximate surface area is 75.8 Å². The summed E-state index contributed by atoms with van der Waals surface area (Å²) in [6, 6.07) is 0. The van der Waals surface area contributed by atoms with Gasteiger partial charge in [-0.25, -0.2) is 14.8 Å². The van der Waals surface area contributed by atoms with Crippen molar-refractivity contribution in [3.63, 3.8) is 0 Å². The zero-order valence-corrected chi connectivity index (χ0v) is 7.68. The van der Waals surface area contributed by atoms with E-state index in [2.05, 4.69) is 5.01 Å². The van der Waals surface area contributed by atoms with E-state index in [0.717, 1.165) is 31.1 Å². The average Bonchev–Trinajstić information content (AvgIpc) is 2.53. The Balaban J connectivity index is 1.93. The molecule has 2 heterocycles. The zero-order chi connectivity index (χ0) is 8.39. The molecule has 12 heavy (non-hydrogen) atoms. The minimum atomic E-state index is -0.179. The minimum absolute atomic E-state index is 0.179. The van der Waals surface area contributed by atoms with Gasteiger partial charge in [-0.15, -0.1) is 0 Å². The predicted octanol–water partition coefficient (Wildman–Crippen LogP) is 0.402. The summed E-state index contributed by atoms with van der Waals surface area (Å²) in [6.07, 6.45) is -0.179. The van der Waals surface area contributed by atoms with Gasteiger partial charge >= 0.3 is 6.09 Å². The van der Waals surface area contributed by atoms with E-state index in [1.807, 2.05) is 11.8 Å². The van der Waals surface area contributed by atoms with E-state index in [4.69, 9.17) is 4.74 Å². The third-order valence-corrected chi connectivity index (χ3v) is 3.01. The molecule has 0 aromatic carbocycles. The van der Waals surface area contributed by atoms with Crippen molar-refractivity contribution in [2.24, 2.45) is 0 Å². The highest BCUT2D eigenvalue weighted by Crippen LogP contribution is 2.14. The first-order valence-electron chi connectivity index (χ1n) is 4.15. The van der Waals surface area contributed by atoms with E-state index >= 15 is 0 Å². The molecule has 2 saturated heterocycles. The number of hydrogen-bond donors (Lipinski definition) is 0. The van der Waals surface area contributed by atoms with Crippen LogP contribution in [-0.2, 0) is 4.74 Å². The van der Waals surface area contributed by atoms with Crippen LogP contribution in [0.2, 0.25) is 0 Å². The highest BCUT2D eigenvalue weighted by atomic mass is 32.2. The van der Waals surface area contributed by atoms with Crippen LogP contribution in [-0.4, -0.2) is 53.9 Å². The van der Waals surface area contributed by atoms with Gasteiger partial charge in [-0.2, -0.15) is 11.8 Å². The monoisotopic (exact) mass is 188 g/mol. The van der Waals surface area contributed by atoms with Gasteiger partial charge in [-0.1, -0.05) is 0 Å². The first kappa shape index (κ1) is 8.19. The Kier molecular flexibility index (Phi) is 2.41. The topological polar surface area (TPSA) is 32.8 Å². The van der Waals surface area contributed by atoms with Gasteiger partial charge in [0.25, 0.3) is 0 Å². The van der Waals surface area contributed by atoms with Crippen molar-refractivity contribution in [2.75, 3.05) is 37.7 Å². The molecule has 0 aromatic rings. The Bertz CT molecular complexity index is 182. The van der Waals surface area contributed by atoms with Gasteiger partial charge < -0.3 is 4.74 Å².